The number of pyridine rings is 1. The lowest BCUT2D eigenvalue weighted by Gasteiger charge is -2.19. The van der Waals surface area contributed by atoms with Gasteiger partial charge >= 0.3 is 0 Å². The molecule has 0 N–H and O–H groups in total. The van der Waals surface area contributed by atoms with E-state index >= 15 is 0 Å². The van der Waals surface area contributed by atoms with Crippen molar-refractivity contribution in [2.75, 3.05) is 0 Å². The molecule has 0 radical (unpaired) electrons. The largest absolute Gasteiger partial charge is 0.248 e. The lowest BCUT2D eigenvalue weighted by molar-refractivity contribution is 1.40. The van der Waals surface area contributed by atoms with Gasteiger partial charge in [-0.2, -0.15) is 0 Å². The predicted molar refractivity (Wildman–Crippen MR) is 221 cm³/mol. The fourth-order valence-corrected chi connectivity index (χ4v) is 8.02. The van der Waals surface area contributed by atoms with Crippen molar-refractivity contribution in [3.63, 3.8) is 0 Å². The van der Waals surface area contributed by atoms with Crippen molar-refractivity contribution >= 4 is 43.2 Å². The SMILES string of the molecule is c1ccc(-c2cc(-c3ccc(-c4ccc5c(-c6ccccc6)c6ccccc6c(-c6ccccc6)c5c4)cc3)c3c(ccc4ccccc43)n2)cc1. The van der Waals surface area contributed by atoms with Crippen molar-refractivity contribution in [2.45, 2.75) is 0 Å². The third-order valence-corrected chi connectivity index (χ3v) is 10.4. The highest BCUT2D eigenvalue weighted by molar-refractivity contribution is 6.22. The van der Waals surface area contributed by atoms with E-state index in [4.69, 9.17) is 4.98 Å². The molecular weight excluding hydrogens is 627 g/mol. The molecule has 1 heterocycles. The molecule has 1 aromatic heterocycles. The Bertz CT molecular complexity index is 2910. The number of hydrogen-bond acceptors (Lipinski definition) is 1. The van der Waals surface area contributed by atoms with Crippen LogP contribution in [0.2, 0.25) is 0 Å². The molecule has 9 aromatic carbocycles. The van der Waals surface area contributed by atoms with Crippen LogP contribution in [0.25, 0.3) is 99.0 Å². The smallest absolute Gasteiger partial charge is 0.0722 e. The Balaban J connectivity index is 1.17. The molecule has 10 rings (SSSR count). The third-order valence-electron chi connectivity index (χ3n) is 10.4. The van der Waals surface area contributed by atoms with Gasteiger partial charge in [-0.15, -0.1) is 0 Å². The first kappa shape index (κ1) is 30.0. The van der Waals surface area contributed by atoms with Gasteiger partial charge in [-0.3, -0.25) is 0 Å². The highest BCUT2D eigenvalue weighted by atomic mass is 14.7. The summed E-state index contributed by atoms with van der Waals surface area (Å²) in [6.45, 7) is 0. The zero-order valence-electron chi connectivity index (χ0n) is 28.5. The molecule has 0 aliphatic rings. The predicted octanol–water partition coefficient (Wildman–Crippen LogP) is 14.0. The van der Waals surface area contributed by atoms with E-state index in [2.05, 4.69) is 200 Å². The quantitative estimate of drug-likeness (QED) is 0.132. The molecule has 0 saturated carbocycles. The van der Waals surface area contributed by atoms with E-state index in [0.29, 0.717) is 0 Å². The second-order valence-corrected chi connectivity index (χ2v) is 13.5. The maximum absolute atomic E-state index is 5.16. The number of fused-ring (bicyclic) bond motifs is 5. The zero-order valence-corrected chi connectivity index (χ0v) is 28.5. The van der Waals surface area contributed by atoms with Gasteiger partial charge in [0.25, 0.3) is 0 Å². The summed E-state index contributed by atoms with van der Waals surface area (Å²) >= 11 is 0. The summed E-state index contributed by atoms with van der Waals surface area (Å²) in [5.74, 6) is 0. The minimum atomic E-state index is 0.979. The van der Waals surface area contributed by atoms with E-state index < -0.39 is 0 Å². The first-order chi connectivity index (χ1) is 25.8. The second kappa shape index (κ2) is 12.5. The van der Waals surface area contributed by atoms with Crippen LogP contribution in [0.15, 0.2) is 200 Å². The first-order valence-corrected chi connectivity index (χ1v) is 17.9. The number of aromatic nitrogens is 1. The van der Waals surface area contributed by atoms with Crippen molar-refractivity contribution in [2.24, 2.45) is 0 Å². The minimum Gasteiger partial charge on any atom is -0.248 e. The molecule has 0 spiro atoms. The molecule has 1 heteroatoms. The number of hydrogen-bond donors (Lipinski definition) is 0. The molecule has 0 fully saturated rings. The normalized spacial score (nSPS) is 11.5. The first-order valence-electron chi connectivity index (χ1n) is 17.9. The summed E-state index contributed by atoms with van der Waals surface area (Å²) in [7, 11) is 0. The monoisotopic (exact) mass is 659 g/mol. The lowest BCUT2D eigenvalue weighted by atomic mass is 9.85. The van der Waals surface area contributed by atoms with Crippen LogP contribution in [0, 0.1) is 0 Å². The lowest BCUT2D eigenvalue weighted by Crippen LogP contribution is -1.92. The molecular formula is C51H33N. The third kappa shape index (κ3) is 5.06. The van der Waals surface area contributed by atoms with Crippen LogP contribution >= 0.6 is 0 Å². The van der Waals surface area contributed by atoms with Crippen LogP contribution in [-0.2, 0) is 0 Å². The van der Waals surface area contributed by atoms with Crippen LogP contribution in [-0.4, -0.2) is 4.98 Å². The molecule has 242 valence electrons. The van der Waals surface area contributed by atoms with Gasteiger partial charge < -0.3 is 0 Å². The minimum absolute atomic E-state index is 0.979. The Morgan fingerprint density at radius 2 is 0.788 bits per heavy atom. The molecule has 0 aliphatic carbocycles. The van der Waals surface area contributed by atoms with Gasteiger partial charge in [0.15, 0.2) is 0 Å². The Kier molecular flexibility index (Phi) is 7.22. The van der Waals surface area contributed by atoms with E-state index in [1.807, 2.05) is 0 Å². The fraction of sp³-hybridized carbons (Fsp3) is 0. The summed E-state index contributed by atoms with van der Waals surface area (Å²) in [5, 5.41) is 8.66. The van der Waals surface area contributed by atoms with Crippen LogP contribution in [0.5, 0.6) is 0 Å². The summed E-state index contributed by atoms with van der Waals surface area (Å²) in [5.41, 5.74) is 12.8. The van der Waals surface area contributed by atoms with Gasteiger partial charge in [0.1, 0.15) is 0 Å². The van der Waals surface area contributed by atoms with Gasteiger partial charge in [0, 0.05) is 10.9 Å². The molecule has 0 aliphatic heterocycles. The maximum Gasteiger partial charge on any atom is 0.0722 e. The Hall–Kier alpha value is -6.83. The number of benzene rings is 9. The second-order valence-electron chi connectivity index (χ2n) is 13.5. The zero-order chi connectivity index (χ0) is 34.4. The van der Waals surface area contributed by atoms with Crippen LogP contribution in [0.1, 0.15) is 0 Å². The summed E-state index contributed by atoms with van der Waals surface area (Å²) < 4.78 is 0. The Labute approximate surface area is 303 Å². The molecule has 0 bridgehead atoms. The van der Waals surface area contributed by atoms with Crippen molar-refractivity contribution in [3.8, 4) is 55.8 Å². The van der Waals surface area contributed by atoms with Gasteiger partial charge in [-0.25, -0.2) is 4.98 Å². The average Bonchev–Trinajstić information content (AvgIpc) is 3.23. The highest BCUT2D eigenvalue weighted by Crippen LogP contribution is 2.45. The maximum atomic E-state index is 5.16. The van der Waals surface area contributed by atoms with Gasteiger partial charge in [-0.1, -0.05) is 182 Å². The topological polar surface area (TPSA) is 12.9 Å². The molecule has 0 amide bonds. The summed E-state index contributed by atoms with van der Waals surface area (Å²) in [6, 6.07) is 72.3. The van der Waals surface area contributed by atoms with E-state index in [1.54, 1.807) is 0 Å². The van der Waals surface area contributed by atoms with E-state index in [9.17, 15) is 0 Å². The van der Waals surface area contributed by atoms with Gasteiger partial charge in [0.05, 0.1) is 11.2 Å². The van der Waals surface area contributed by atoms with Crippen molar-refractivity contribution < 1.29 is 0 Å². The average molecular weight is 660 g/mol. The standard InChI is InChI=1S/C51H33N/c1-4-15-37(16-5-1)48-33-45(51-41-21-11-10-14-35(41)29-31-47(51)52-48)36-26-24-34(25-27-36)40-28-30-44-46(32-40)50(39-19-8-3-9-20-39)43-23-13-12-22-42(43)49(44)38-17-6-2-7-18-38/h1-33H. The number of nitrogens with zero attached hydrogens (tertiary/aromatic N) is 1. The molecule has 52 heavy (non-hydrogen) atoms. The number of rotatable bonds is 5. The molecule has 0 atom stereocenters. The van der Waals surface area contributed by atoms with Gasteiger partial charge in [-0.05, 0) is 95.0 Å². The van der Waals surface area contributed by atoms with Crippen LogP contribution < -0.4 is 0 Å². The molecule has 0 unspecified atom stereocenters. The molecule has 0 saturated heterocycles. The Morgan fingerprint density at radius 1 is 0.288 bits per heavy atom. The fourth-order valence-electron chi connectivity index (χ4n) is 8.02. The van der Waals surface area contributed by atoms with Crippen molar-refractivity contribution in [1.29, 1.82) is 0 Å². The summed E-state index contributed by atoms with van der Waals surface area (Å²) in [6.07, 6.45) is 0. The van der Waals surface area contributed by atoms with E-state index in [1.165, 1.54) is 82.2 Å². The highest BCUT2D eigenvalue weighted by Gasteiger charge is 2.18. The van der Waals surface area contributed by atoms with Crippen molar-refractivity contribution in [3.05, 3.63) is 200 Å². The van der Waals surface area contributed by atoms with E-state index in [-0.39, 0.29) is 0 Å². The Morgan fingerprint density at radius 3 is 1.44 bits per heavy atom. The summed E-state index contributed by atoms with van der Waals surface area (Å²) in [4.78, 5) is 5.16. The van der Waals surface area contributed by atoms with Crippen molar-refractivity contribution in [1.82, 2.24) is 4.98 Å². The van der Waals surface area contributed by atoms with Gasteiger partial charge in [0.2, 0.25) is 0 Å². The van der Waals surface area contributed by atoms with Crippen LogP contribution in [0.3, 0.4) is 0 Å². The van der Waals surface area contributed by atoms with E-state index in [0.717, 1.165) is 16.8 Å². The molecule has 10 aromatic rings. The van der Waals surface area contributed by atoms with Crippen LogP contribution in [0.4, 0.5) is 0 Å². The molecule has 1 nitrogen and oxygen atoms in total.